The first-order chi connectivity index (χ1) is 6.88. The molecular weight excluding hydrogens is 192 g/mol. The van der Waals surface area contributed by atoms with Crippen molar-refractivity contribution in [3.8, 4) is 11.8 Å². The monoisotopic (exact) mass is 206 g/mol. The maximum absolute atomic E-state index is 8.61. The smallest absolute Gasteiger partial charge is 0.0540 e. The molecule has 1 N–H and O–H groups in total. The zero-order valence-corrected chi connectivity index (χ0v) is 9.10. The van der Waals surface area contributed by atoms with E-state index in [0.717, 1.165) is 11.3 Å². The van der Waals surface area contributed by atoms with Gasteiger partial charge in [-0.3, -0.25) is 0 Å². The average Bonchev–Trinajstić information content (AvgIpc) is 2.21. The molecule has 0 bridgehead atoms. The molecule has 0 aliphatic heterocycles. The Balaban J connectivity index is 2.80. The number of aliphatic hydroxyl groups is 1. The van der Waals surface area contributed by atoms with Crippen molar-refractivity contribution < 1.29 is 5.11 Å². The molecule has 2 heteroatoms. The maximum Gasteiger partial charge on any atom is 0.0540 e. The molecule has 1 aromatic rings. The number of aliphatic hydroxyl groups excluding tert-OH is 1. The SMILES string of the molecule is CSCc1ccccc1C#CCCO. The maximum atomic E-state index is 8.61. The van der Waals surface area contributed by atoms with Gasteiger partial charge in [0.1, 0.15) is 0 Å². The highest BCUT2D eigenvalue weighted by molar-refractivity contribution is 7.97. The Labute approximate surface area is 89.5 Å². The second-order valence-electron chi connectivity index (χ2n) is 2.87. The standard InChI is InChI=1S/C12H14OS/c1-14-10-12-8-3-2-6-11(12)7-4-5-9-13/h2-3,6,8,13H,5,9-10H2,1H3. The van der Waals surface area contributed by atoms with Gasteiger partial charge in [0.25, 0.3) is 0 Å². The molecular formula is C12H14OS. The molecule has 1 aromatic carbocycles. The van der Waals surface area contributed by atoms with Crippen LogP contribution in [0.4, 0.5) is 0 Å². The van der Waals surface area contributed by atoms with Crippen molar-refractivity contribution in [2.45, 2.75) is 12.2 Å². The Hall–Kier alpha value is -0.910. The van der Waals surface area contributed by atoms with Crippen molar-refractivity contribution in [2.75, 3.05) is 12.9 Å². The first-order valence-electron chi connectivity index (χ1n) is 4.55. The molecule has 1 rings (SSSR count). The van der Waals surface area contributed by atoms with E-state index in [2.05, 4.69) is 24.2 Å². The number of benzene rings is 1. The van der Waals surface area contributed by atoms with Crippen LogP contribution in [0.5, 0.6) is 0 Å². The lowest BCUT2D eigenvalue weighted by Crippen LogP contribution is -1.86. The van der Waals surface area contributed by atoms with Crippen LogP contribution in [0, 0.1) is 11.8 Å². The summed E-state index contributed by atoms with van der Waals surface area (Å²) in [6, 6.07) is 8.14. The van der Waals surface area contributed by atoms with Gasteiger partial charge >= 0.3 is 0 Å². The molecule has 0 amide bonds. The fourth-order valence-corrected chi connectivity index (χ4v) is 1.70. The minimum Gasteiger partial charge on any atom is -0.395 e. The normalized spacial score (nSPS) is 9.29. The summed E-state index contributed by atoms with van der Waals surface area (Å²) in [5.41, 5.74) is 2.35. The summed E-state index contributed by atoms with van der Waals surface area (Å²) in [7, 11) is 0. The van der Waals surface area contributed by atoms with Crippen LogP contribution in [-0.4, -0.2) is 18.0 Å². The second kappa shape index (κ2) is 6.53. The highest BCUT2D eigenvalue weighted by atomic mass is 32.2. The molecule has 0 heterocycles. The fourth-order valence-electron chi connectivity index (χ4n) is 1.14. The van der Waals surface area contributed by atoms with Gasteiger partial charge in [0.15, 0.2) is 0 Å². The van der Waals surface area contributed by atoms with Crippen LogP contribution in [0.15, 0.2) is 24.3 Å². The lowest BCUT2D eigenvalue weighted by molar-refractivity contribution is 0.305. The fraction of sp³-hybridized carbons (Fsp3) is 0.333. The number of hydrogen-bond donors (Lipinski definition) is 1. The van der Waals surface area contributed by atoms with E-state index in [1.165, 1.54) is 5.56 Å². The molecule has 0 atom stereocenters. The Kier molecular flexibility index (Phi) is 5.21. The van der Waals surface area contributed by atoms with Crippen LogP contribution in [0.3, 0.4) is 0 Å². The summed E-state index contributed by atoms with van der Waals surface area (Å²) in [6.45, 7) is 0.137. The van der Waals surface area contributed by atoms with E-state index in [1.807, 2.05) is 18.2 Å². The third kappa shape index (κ3) is 3.45. The van der Waals surface area contributed by atoms with Gasteiger partial charge in [0.05, 0.1) is 6.61 Å². The topological polar surface area (TPSA) is 20.2 Å². The molecule has 1 nitrogen and oxygen atoms in total. The van der Waals surface area contributed by atoms with Crippen molar-refractivity contribution in [3.05, 3.63) is 35.4 Å². The average molecular weight is 206 g/mol. The van der Waals surface area contributed by atoms with E-state index in [-0.39, 0.29) is 6.61 Å². The number of hydrogen-bond acceptors (Lipinski definition) is 2. The third-order valence-corrected chi connectivity index (χ3v) is 2.38. The van der Waals surface area contributed by atoms with Crippen LogP contribution < -0.4 is 0 Å². The van der Waals surface area contributed by atoms with E-state index < -0.39 is 0 Å². The molecule has 0 saturated carbocycles. The van der Waals surface area contributed by atoms with E-state index >= 15 is 0 Å². The molecule has 0 unspecified atom stereocenters. The largest absolute Gasteiger partial charge is 0.395 e. The molecule has 0 aromatic heterocycles. The molecule has 74 valence electrons. The first kappa shape index (κ1) is 11.2. The van der Waals surface area contributed by atoms with Crippen LogP contribution >= 0.6 is 11.8 Å². The highest BCUT2D eigenvalue weighted by Crippen LogP contribution is 2.13. The van der Waals surface area contributed by atoms with Crippen LogP contribution in [0.1, 0.15) is 17.5 Å². The van der Waals surface area contributed by atoms with Gasteiger partial charge in [0.2, 0.25) is 0 Å². The number of rotatable bonds is 3. The lowest BCUT2D eigenvalue weighted by atomic mass is 10.1. The van der Waals surface area contributed by atoms with E-state index in [1.54, 1.807) is 11.8 Å². The summed E-state index contributed by atoms with van der Waals surface area (Å²) < 4.78 is 0. The number of thioether (sulfide) groups is 1. The summed E-state index contributed by atoms with van der Waals surface area (Å²) in [4.78, 5) is 0. The zero-order valence-electron chi connectivity index (χ0n) is 8.29. The van der Waals surface area contributed by atoms with E-state index in [9.17, 15) is 0 Å². The van der Waals surface area contributed by atoms with Gasteiger partial charge in [-0.05, 0) is 17.9 Å². The van der Waals surface area contributed by atoms with Crippen molar-refractivity contribution >= 4 is 11.8 Å². The summed E-state index contributed by atoms with van der Waals surface area (Å²) in [6.07, 6.45) is 2.63. The van der Waals surface area contributed by atoms with E-state index in [4.69, 9.17) is 5.11 Å². The Morgan fingerprint density at radius 1 is 1.36 bits per heavy atom. The van der Waals surface area contributed by atoms with Crippen LogP contribution in [0.25, 0.3) is 0 Å². The van der Waals surface area contributed by atoms with Crippen molar-refractivity contribution in [1.29, 1.82) is 0 Å². The molecule has 0 aliphatic rings. The molecule has 0 radical (unpaired) electrons. The predicted octanol–water partition coefficient (Wildman–Crippen LogP) is 2.28. The van der Waals surface area contributed by atoms with Crippen molar-refractivity contribution in [3.63, 3.8) is 0 Å². The van der Waals surface area contributed by atoms with Crippen LogP contribution in [0.2, 0.25) is 0 Å². The quantitative estimate of drug-likeness (QED) is 0.766. The van der Waals surface area contributed by atoms with Gasteiger partial charge < -0.3 is 5.11 Å². The molecule has 14 heavy (non-hydrogen) atoms. The van der Waals surface area contributed by atoms with Crippen LogP contribution in [-0.2, 0) is 5.75 Å². The predicted molar refractivity (Wildman–Crippen MR) is 62.2 cm³/mol. The Morgan fingerprint density at radius 2 is 2.14 bits per heavy atom. The van der Waals surface area contributed by atoms with E-state index in [0.29, 0.717) is 6.42 Å². The first-order valence-corrected chi connectivity index (χ1v) is 5.94. The third-order valence-electron chi connectivity index (χ3n) is 1.78. The Morgan fingerprint density at radius 3 is 2.86 bits per heavy atom. The summed E-state index contributed by atoms with van der Waals surface area (Å²) >= 11 is 1.79. The van der Waals surface area contributed by atoms with Gasteiger partial charge in [-0.2, -0.15) is 11.8 Å². The van der Waals surface area contributed by atoms with Gasteiger partial charge in [-0.25, -0.2) is 0 Å². The second-order valence-corrected chi connectivity index (χ2v) is 3.73. The zero-order chi connectivity index (χ0) is 10.2. The summed E-state index contributed by atoms with van der Waals surface area (Å²) in [5, 5.41) is 8.61. The Bertz CT molecular complexity index is 336. The lowest BCUT2D eigenvalue weighted by Gasteiger charge is -2.00. The minimum absolute atomic E-state index is 0.137. The van der Waals surface area contributed by atoms with Crippen molar-refractivity contribution in [2.24, 2.45) is 0 Å². The molecule has 0 fully saturated rings. The van der Waals surface area contributed by atoms with Gasteiger partial charge in [-0.15, -0.1) is 0 Å². The summed E-state index contributed by atoms with van der Waals surface area (Å²) in [5.74, 6) is 7.01. The van der Waals surface area contributed by atoms with Gasteiger partial charge in [0, 0.05) is 17.7 Å². The molecule has 0 aliphatic carbocycles. The minimum atomic E-state index is 0.137. The highest BCUT2D eigenvalue weighted by Gasteiger charge is 1.96. The van der Waals surface area contributed by atoms with Crippen molar-refractivity contribution in [1.82, 2.24) is 0 Å². The molecule has 0 saturated heterocycles. The molecule has 0 spiro atoms. The van der Waals surface area contributed by atoms with Gasteiger partial charge in [-0.1, -0.05) is 30.0 Å².